The lowest BCUT2D eigenvalue weighted by molar-refractivity contribution is 0.0545. The van der Waals surface area contributed by atoms with E-state index in [9.17, 15) is 10.2 Å². The number of aliphatic hydroxyl groups is 2. The first-order valence-corrected chi connectivity index (χ1v) is 5.97. The molecule has 0 amide bonds. The van der Waals surface area contributed by atoms with Crippen LogP contribution in [0.1, 0.15) is 33.1 Å². The molecule has 15 heavy (non-hydrogen) atoms. The lowest BCUT2D eigenvalue weighted by atomic mass is 9.67. The van der Waals surface area contributed by atoms with Crippen molar-refractivity contribution in [3.8, 4) is 0 Å². The van der Waals surface area contributed by atoms with Crippen molar-refractivity contribution in [1.29, 1.82) is 0 Å². The van der Waals surface area contributed by atoms with Crippen molar-refractivity contribution in [3.05, 3.63) is 12.2 Å². The molecule has 0 aliphatic heterocycles. The van der Waals surface area contributed by atoms with Gasteiger partial charge in [0.1, 0.15) is 0 Å². The lowest BCUT2D eigenvalue weighted by Gasteiger charge is -2.39. The molecule has 1 aliphatic rings. The van der Waals surface area contributed by atoms with Gasteiger partial charge in [0.15, 0.2) is 0 Å². The summed E-state index contributed by atoms with van der Waals surface area (Å²) in [5.41, 5.74) is 1.21. The van der Waals surface area contributed by atoms with Crippen molar-refractivity contribution in [2.24, 2.45) is 23.7 Å². The normalized spacial score (nSPS) is 31.9. The highest BCUT2D eigenvalue weighted by atomic mass is 16.3. The molecule has 0 aromatic heterocycles. The van der Waals surface area contributed by atoms with Crippen LogP contribution in [-0.4, -0.2) is 23.4 Å². The second-order valence-electron chi connectivity index (χ2n) is 5.16. The number of hydrogen-bond acceptors (Lipinski definition) is 2. The van der Waals surface area contributed by atoms with E-state index in [2.05, 4.69) is 20.4 Å². The molecule has 2 N–H and O–H groups in total. The van der Waals surface area contributed by atoms with Gasteiger partial charge in [-0.25, -0.2) is 0 Å². The topological polar surface area (TPSA) is 40.5 Å². The zero-order valence-electron chi connectivity index (χ0n) is 9.95. The maximum atomic E-state index is 9.27. The van der Waals surface area contributed by atoms with E-state index in [1.807, 2.05) is 0 Å². The Balaban J connectivity index is 2.73. The first kappa shape index (κ1) is 12.7. The fraction of sp³-hybridized carbons (Fsp3) is 0.846. The highest BCUT2D eigenvalue weighted by Gasteiger charge is 2.33. The molecular formula is C13H24O2. The SMILES string of the molecule is C=C(C)[C@@H]1CC[C@@H](C)CC1C(CO)CO. The van der Waals surface area contributed by atoms with E-state index in [0.29, 0.717) is 17.8 Å². The van der Waals surface area contributed by atoms with Crippen LogP contribution in [0.2, 0.25) is 0 Å². The maximum Gasteiger partial charge on any atom is 0.0484 e. The number of allylic oxidation sites excluding steroid dienone is 1. The zero-order chi connectivity index (χ0) is 11.4. The van der Waals surface area contributed by atoms with E-state index in [4.69, 9.17) is 0 Å². The molecule has 3 atom stereocenters. The molecule has 1 aliphatic carbocycles. The quantitative estimate of drug-likeness (QED) is 0.701. The van der Waals surface area contributed by atoms with Crippen LogP contribution in [-0.2, 0) is 0 Å². The molecule has 2 heteroatoms. The third-order valence-corrected chi connectivity index (χ3v) is 3.87. The molecule has 1 unspecified atom stereocenters. The summed E-state index contributed by atoms with van der Waals surface area (Å²) >= 11 is 0. The van der Waals surface area contributed by atoms with Crippen LogP contribution in [0.5, 0.6) is 0 Å². The fourth-order valence-corrected chi connectivity index (χ4v) is 2.89. The van der Waals surface area contributed by atoms with Gasteiger partial charge in [-0.3, -0.25) is 0 Å². The van der Waals surface area contributed by atoms with Gasteiger partial charge in [0.25, 0.3) is 0 Å². The monoisotopic (exact) mass is 212 g/mol. The highest BCUT2D eigenvalue weighted by molar-refractivity contribution is 5.02. The zero-order valence-corrected chi connectivity index (χ0v) is 9.95. The fourth-order valence-electron chi connectivity index (χ4n) is 2.89. The van der Waals surface area contributed by atoms with Gasteiger partial charge in [-0.1, -0.05) is 25.5 Å². The van der Waals surface area contributed by atoms with Gasteiger partial charge >= 0.3 is 0 Å². The summed E-state index contributed by atoms with van der Waals surface area (Å²) in [5.74, 6) is 1.66. The van der Waals surface area contributed by atoms with Crippen LogP contribution < -0.4 is 0 Å². The van der Waals surface area contributed by atoms with Crippen molar-refractivity contribution in [2.45, 2.75) is 33.1 Å². The molecule has 2 nitrogen and oxygen atoms in total. The second kappa shape index (κ2) is 5.66. The van der Waals surface area contributed by atoms with Gasteiger partial charge in [0.05, 0.1) is 0 Å². The van der Waals surface area contributed by atoms with Gasteiger partial charge in [-0.15, -0.1) is 0 Å². The molecule has 0 saturated heterocycles. The summed E-state index contributed by atoms with van der Waals surface area (Å²) in [5, 5.41) is 18.5. The second-order valence-corrected chi connectivity index (χ2v) is 5.16. The number of hydrogen-bond donors (Lipinski definition) is 2. The molecular weight excluding hydrogens is 188 g/mol. The Morgan fingerprint density at radius 1 is 1.33 bits per heavy atom. The molecule has 88 valence electrons. The van der Waals surface area contributed by atoms with E-state index >= 15 is 0 Å². The van der Waals surface area contributed by atoms with Crippen LogP contribution >= 0.6 is 0 Å². The van der Waals surface area contributed by atoms with Gasteiger partial charge in [-0.05, 0) is 37.5 Å². The van der Waals surface area contributed by atoms with Crippen molar-refractivity contribution in [3.63, 3.8) is 0 Å². The Hall–Kier alpha value is -0.340. The average molecular weight is 212 g/mol. The van der Waals surface area contributed by atoms with Gasteiger partial charge in [0, 0.05) is 19.1 Å². The molecule has 1 rings (SSSR count). The third-order valence-electron chi connectivity index (χ3n) is 3.87. The maximum absolute atomic E-state index is 9.27. The first-order valence-electron chi connectivity index (χ1n) is 5.97. The largest absolute Gasteiger partial charge is 0.396 e. The standard InChI is InChI=1S/C13H24O2/c1-9(2)12-5-4-10(3)6-13(12)11(7-14)8-15/h10-15H,1,4-8H2,2-3H3/t10-,12+,13?/m1/s1. The molecule has 0 heterocycles. The highest BCUT2D eigenvalue weighted by Crippen LogP contribution is 2.41. The van der Waals surface area contributed by atoms with Crippen molar-refractivity contribution in [2.75, 3.05) is 13.2 Å². The van der Waals surface area contributed by atoms with E-state index < -0.39 is 0 Å². The molecule has 1 saturated carbocycles. The molecule has 0 aromatic rings. The molecule has 0 radical (unpaired) electrons. The predicted octanol–water partition coefficient (Wildman–Crippen LogP) is 2.22. The Kier molecular flexibility index (Phi) is 4.81. The third kappa shape index (κ3) is 3.05. The lowest BCUT2D eigenvalue weighted by Crippen LogP contribution is -2.34. The molecule has 0 bridgehead atoms. The van der Waals surface area contributed by atoms with E-state index in [-0.39, 0.29) is 19.1 Å². The molecule has 0 aromatic carbocycles. The van der Waals surface area contributed by atoms with Crippen molar-refractivity contribution in [1.82, 2.24) is 0 Å². The summed E-state index contributed by atoms with van der Waals surface area (Å²) < 4.78 is 0. The van der Waals surface area contributed by atoms with Crippen LogP contribution in [0.15, 0.2) is 12.2 Å². The van der Waals surface area contributed by atoms with E-state index in [0.717, 1.165) is 12.8 Å². The van der Waals surface area contributed by atoms with Gasteiger partial charge < -0.3 is 10.2 Å². The number of rotatable bonds is 4. The van der Waals surface area contributed by atoms with Crippen LogP contribution in [0.4, 0.5) is 0 Å². The Bertz CT molecular complexity index is 209. The predicted molar refractivity (Wildman–Crippen MR) is 62.5 cm³/mol. The Labute approximate surface area is 93.0 Å². The van der Waals surface area contributed by atoms with Crippen LogP contribution in [0.3, 0.4) is 0 Å². The van der Waals surface area contributed by atoms with Gasteiger partial charge in [-0.2, -0.15) is 0 Å². The first-order chi connectivity index (χ1) is 7.10. The van der Waals surface area contributed by atoms with Crippen molar-refractivity contribution >= 4 is 0 Å². The minimum atomic E-state index is 0.0365. The van der Waals surface area contributed by atoms with Crippen molar-refractivity contribution < 1.29 is 10.2 Å². The summed E-state index contributed by atoms with van der Waals surface area (Å²) in [6.45, 7) is 8.56. The molecule has 1 fully saturated rings. The smallest absolute Gasteiger partial charge is 0.0484 e. The molecule has 0 spiro atoms. The van der Waals surface area contributed by atoms with Gasteiger partial charge in [0.2, 0.25) is 0 Å². The van der Waals surface area contributed by atoms with Crippen LogP contribution in [0, 0.1) is 23.7 Å². The van der Waals surface area contributed by atoms with E-state index in [1.54, 1.807) is 0 Å². The summed E-state index contributed by atoms with van der Waals surface area (Å²) in [7, 11) is 0. The Morgan fingerprint density at radius 2 is 1.93 bits per heavy atom. The van der Waals surface area contributed by atoms with Crippen LogP contribution in [0.25, 0.3) is 0 Å². The minimum Gasteiger partial charge on any atom is -0.396 e. The summed E-state index contributed by atoms with van der Waals surface area (Å²) in [4.78, 5) is 0. The number of aliphatic hydroxyl groups excluding tert-OH is 2. The average Bonchev–Trinajstić information content (AvgIpc) is 2.19. The van der Waals surface area contributed by atoms with E-state index in [1.165, 1.54) is 12.0 Å². The minimum absolute atomic E-state index is 0.0365. The summed E-state index contributed by atoms with van der Waals surface area (Å²) in [6.07, 6.45) is 3.53. The summed E-state index contributed by atoms with van der Waals surface area (Å²) in [6, 6.07) is 0. The Morgan fingerprint density at radius 3 is 2.40 bits per heavy atom.